The molecule has 0 saturated carbocycles. The molecule has 0 radical (unpaired) electrons. The topological polar surface area (TPSA) is 82.0 Å². The van der Waals surface area contributed by atoms with Crippen molar-refractivity contribution in [1.29, 1.82) is 0 Å². The van der Waals surface area contributed by atoms with Crippen molar-refractivity contribution in [3.05, 3.63) is 9.94 Å². The molecular weight excluding hydrogens is 326 g/mol. The van der Waals surface area contributed by atoms with Gasteiger partial charge in [0, 0.05) is 12.5 Å². The predicted molar refractivity (Wildman–Crippen MR) is 85.7 cm³/mol. The molecule has 3 aliphatic rings. The Hall–Kier alpha value is -0.890. The number of Topliss-reactive ketones (excluding diaryl/α,β-unsaturated/α-hetero) is 1. The van der Waals surface area contributed by atoms with Crippen LogP contribution in [0.4, 0.5) is 0 Å². The molecule has 0 aromatic carbocycles. The average molecular weight is 344 g/mol. The van der Waals surface area contributed by atoms with Gasteiger partial charge in [-0.2, -0.15) is 0 Å². The normalized spacial score (nSPS) is 34.5. The van der Waals surface area contributed by atoms with E-state index in [-0.39, 0.29) is 42.0 Å². The summed E-state index contributed by atoms with van der Waals surface area (Å²) in [5.74, 6) is -0.588. The second-order valence-electron chi connectivity index (χ2n) is 5.83. The van der Waals surface area contributed by atoms with Gasteiger partial charge in [0.05, 0.1) is 29.3 Å². The van der Waals surface area contributed by atoms with Crippen molar-refractivity contribution in [2.45, 2.75) is 37.3 Å². The second-order valence-corrected chi connectivity index (χ2v) is 7.56. The number of nitrogens with zero attached hydrogens (tertiary/aromatic N) is 2. The fourth-order valence-corrected chi connectivity index (χ4v) is 4.48. The van der Waals surface area contributed by atoms with Crippen molar-refractivity contribution in [3.8, 4) is 0 Å². The van der Waals surface area contributed by atoms with Crippen LogP contribution in [-0.2, 0) is 9.59 Å². The van der Waals surface area contributed by atoms with E-state index in [0.717, 1.165) is 5.57 Å². The van der Waals surface area contributed by atoms with Crippen LogP contribution >= 0.6 is 23.4 Å². The average Bonchev–Trinajstić information content (AvgIpc) is 2.99. The highest BCUT2D eigenvalue weighted by Crippen LogP contribution is 2.46. The van der Waals surface area contributed by atoms with Crippen LogP contribution in [0.2, 0.25) is 0 Å². The molecular formula is C14H18ClN3O3S. The number of aliphatic hydroxyl groups is 1. The zero-order chi connectivity index (χ0) is 15.9. The summed E-state index contributed by atoms with van der Waals surface area (Å²) in [5.41, 5.74) is 0.823. The van der Waals surface area contributed by atoms with Gasteiger partial charge in [-0.15, -0.1) is 0 Å². The molecule has 1 amide bonds. The van der Waals surface area contributed by atoms with Gasteiger partial charge in [0.1, 0.15) is 5.37 Å². The summed E-state index contributed by atoms with van der Waals surface area (Å²) >= 11 is 7.46. The molecule has 8 heteroatoms. The maximum Gasteiger partial charge on any atom is 0.238 e. The Morgan fingerprint density at radius 2 is 2.41 bits per heavy atom. The summed E-state index contributed by atoms with van der Waals surface area (Å²) in [6.07, 6.45) is 1.83. The van der Waals surface area contributed by atoms with E-state index in [1.54, 1.807) is 0 Å². The van der Waals surface area contributed by atoms with Crippen LogP contribution in [0.1, 0.15) is 19.8 Å². The third-order valence-electron chi connectivity index (χ3n) is 4.29. The third-order valence-corrected chi connectivity index (χ3v) is 6.02. The molecule has 1 saturated heterocycles. The van der Waals surface area contributed by atoms with Crippen molar-refractivity contribution < 1.29 is 14.7 Å². The molecule has 6 nitrogen and oxygen atoms in total. The first-order valence-electron chi connectivity index (χ1n) is 7.27. The van der Waals surface area contributed by atoms with Gasteiger partial charge in [-0.05, 0) is 25.5 Å². The number of hydrogen-bond acceptors (Lipinski definition) is 6. The standard InChI is InChI=1S/C14H18ClN3O3S/c1-7-11-13(22-12(7)15)17-6-18(14(11)21)5-8(19)4-9-10(20)2-3-16-9/h6,9-11,13,16,20H,2-5H2,1H3/t9-,10+,11?,13?/m0/s1. The number of ketones is 1. The van der Waals surface area contributed by atoms with Gasteiger partial charge in [-0.25, -0.2) is 0 Å². The summed E-state index contributed by atoms with van der Waals surface area (Å²) in [6, 6.07) is -0.213. The zero-order valence-electron chi connectivity index (χ0n) is 12.2. The number of fused-ring (bicyclic) bond motifs is 1. The lowest BCUT2D eigenvalue weighted by Gasteiger charge is -2.28. The number of nitrogens with one attached hydrogen (secondary N) is 1. The lowest BCUT2D eigenvalue weighted by Crippen LogP contribution is -2.45. The SMILES string of the molecule is CC1=C(Cl)SC2N=CN(CC(=O)C[C@@H]3NCC[C@H]3O)C(=O)C12. The van der Waals surface area contributed by atoms with E-state index in [1.165, 1.54) is 23.0 Å². The van der Waals surface area contributed by atoms with Crippen molar-refractivity contribution in [1.82, 2.24) is 10.2 Å². The molecule has 3 rings (SSSR count). The number of hydrogen-bond donors (Lipinski definition) is 2. The van der Waals surface area contributed by atoms with Gasteiger partial charge in [0.15, 0.2) is 5.78 Å². The Morgan fingerprint density at radius 1 is 1.64 bits per heavy atom. The fraction of sp³-hybridized carbons (Fsp3) is 0.643. The van der Waals surface area contributed by atoms with Crippen LogP contribution in [0.15, 0.2) is 14.9 Å². The number of thioether (sulfide) groups is 1. The van der Waals surface area contributed by atoms with Gasteiger partial charge >= 0.3 is 0 Å². The summed E-state index contributed by atoms with van der Waals surface area (Å²) in [5, 5.41) is 12.6. The molecule has 2 N–H and O–H groups in total. The van der Waals surface area contributed by atoms with E-state index in [9.17, 15) is 14.7 Å². The highest BCUT2D eigenvalue weighted by Gasteiger charge is 2.42. The van der Waals surface area contributed by atoms with Crippen molar-refractivity contribution >= 4 is 41.4 Å². The first kappa shape index (κ1) is 16.0. The van der Waals surface area contributed by atoms with Gasteiger partial charge in [0.2, 0.25) is 5.91 Å². The molecule has 0 bridgehead atoms. The Bertz CT molecular complexity index is 566. The summed E-state index contributed by atoms with van der Waals surface area (Å²) in [7, 11) is 0. The van der Waals surface area contributed by atoms with Gasteiger partial charge in [-0.3, -0.25) is 19.5 Å². The number of halogens is 1. The molecule has 0 aromatic rings. The number of aliphatic imine (C=N–C) groups is 1. The molecule has 4 atom stereocenters. The van der Waals surface area contributed by atoms with E-state index in [0.29, 0.717) is 17.3 Å². The first-order valence-corrected chi connectivity index (χ1v) is 8.53. The number of carbonyl (C=O) groups excluding carboxylic acids is 2. The number of rotatable bonds is 4. The molecule has 3 heterocycles. The molecule has 0 aromatic heterocycles. The predicted octanol–water partition coefficient (Wildman–Crippen LogP) is 0.698. The van der Waals surface area contributed by atoms with Crippen LogP contribution in [-0.4, -0.2) is 58.6 Å². The third kappa shape index (κ3) is 2.95. The zero-order valence-corrected chi connectivity index (χ0v) is 13.7. The van der Waals surface area contributed by atoms with E-state index < -0.39 is 6.10 Å². The van der Waals surface area contributed by atoms with Crippen LogP contribution in [0.5, 0.6) is 0 Å². The quantitative estimate of drug-likeness (QED) is 0.785. The van der Waals surface area contributed by atoms with Gasteiger partial charge in [-0.1, -0.05) is 23.4 Å². The maximum absolute atomic E-state index is 12.5. The highest BCUT2D eigenvalue weighted by atomic mass is 35.5. The molecule has 3 aliphatic heterocycles. The molecule has 0 aliphatic carbocycles. The minimum atomic E-state index is -0.491. The van der Waals surface area contributed by atoms with Crippen molar-refractivity contribution in [3.63, 3.8) is 0 Å². The van der Waals surface area contributed by atoms with Crippen molar-refractivity contribution in [2.24, 2.45) is 10.9 Å². The van der Waals surface area contributed by atoms with Crippen LogP contribution in [0, 0.1) is 5.92 Å². The molecule has 1 fully saturated rings. The second kappa shape index (κ2) is 6.31. The fourth-order valence-electron chi connectivity index (χ4n) is 2.99. The van der Waals surface area contributed by atoms with Crippen molar-refractivity contribution in [2.75, 3.05) is 13.1 Å². The van der Waals surface area contributed by atoms with E-state index in [4.69, 9.17) is 11.6 Å². The molecule has 0 spiro atoms. The Kier molecular flexibility index (Phi) is 4.59. The van der Waals surface area contributed by atoms with E-state index in [1.807, 2.05) is 6.92 Å². The molecule has 22 heavy (non-hydrogen) atoms. The minimum Gasteiger partial charge on any atom is -0.391 e. The van der Waals surface area contributed by atoms with E-state index >= 15 is 0 Å². The Morgan fingerprint density at radius 3 is 3.09 bits per heavy atom. The minimum absolute atomic E-state index is 0.00792. The van der Waals surface area contributed by atoms with Gasteiger partial charge in [0.25, 0.3) is 0 Å². The first-order chi connectivity index (χ1) is 10.5. The Labute approximate surface area is 138 Å². The Balaban J connectivity index is 1.62. The summed E-state index contributed by atoms with van der Waals surface area (Å²) < 4.78 is 0.618. The summed E-state index contributed by atoms with van der Waals surface area (Å²) in [6.45, 7) is 2.54. The number of aliphatic hydroxyl groups excluding tert-OH is 1. The molecule has 2 unspecified atom stereocenters. The lowest BCUT2D eigenvalue weighted by atomic mass is 9.99. The number of amides is 1. The highest BCUT2D eigenvalue weighted by molar-refractivity contribution is 8.05. The number of carbonyl (C=O) groups is 2. The van der Waals surface area contributed by atoms with Crippen LogP contribution in [0.3, 0.4) is 0 Å². The maximum atomic E-state index is 12.5. The lowest BCUT2D eigenvalue weighted by molar-refractivity contribution is -0.134. The van der Waals surface area contributed by atoms with Crippen LogP contribution in [0.25, 0.3) is 0 Å². The van der Waals surface area contributed by atoms with Gasteiger partial charge < -0.3 is 10.4 Å². The monoisotopic (exact) mass is 343 g/mol. The molecule has 120 valence electrons. The summed E-state index contributed by atoms with van der Waals surface area (Å²) in [4.78, 5) is 30.3. The van der Waals surface area contributed by atoms with E-state index in [2.05, 4.69) is 10.3 Å². The largest absolute Gasteiger partial charge is 0.391 e. The smallest absolute Gasteiger partial charge is 0.238 e. The van der Waals surface area contributed by atoms with Crippen LogP contribution < -0.4 is 5.32 Å².